The molecule has 2 atom stereocenters. The van der Waals surface area contributed by atoms with E-state index in [0.29, 0.717) is 6.10 Å². The van der Waals surface area contributed by atoms with E-state index in [1.165, 1.54) is 0 Å². The molecule has 3 heterocycles. The van der Waals surface area contributed by atoms with E-state index in [4.69, 9.17) is 26.6 Å². The summed E-state index contributed by atoms with van der Waals surface area (Å²) < 4.78 is 33.0. The highest BCUT2D eigenvalue weighted by Crippen LogP contribution is 2.31. The maximum absolute atomic E-state index is 5.88. The predicted molar refractivity (Wildman–Crippen MR) is 124 cm³/mol. The summed E-state index contributed by atoms with van der Waals surface area (Å²) >= 11 is 0. The van der Waals surface area contributed by atoms with E-state index in [1.807, 2.05) is 31.0 Å². The van der Waals surface area contributed by atoms with Crippen LogP contribution in [-0.4, -0.2) is 63.8 Å². The van der Waals surface area contributed by atoms with Gasteiger partial charge in [0.25, 0.3) is 0 Å². The maximum Gasteiger partial charge on any atom is 0.361 e. The third kappa shape index (κ3) is 9.54. The molecule has 29 heavy (non-hydrogen) atoms. The van der Waals surface area contributed by atoms with E-state index in [-0.39, 0.29) is 5.60 Å². The lowest BCUT2D eigenvalue weighted by molar-refractivity contribution is -0.0367. The molecule has 9 heteroatoms. The summed E-state index contributed by atoms with van der Waals surface area (Å²) in [7, 11) is -5.69. The fourth-order valence-electron chi connectivity index (χ4n) is 3.25. The van der Waals surface area contributed by atoms with Crippen LogP contribution in [0.25, 0.3) is 0 Å². The smallest absolute Gasteiger partial charge is 0.361 e. The lowest BCUT2D eigenvalue weighted by Gasteiger charge is -2.43. The molecule has 6 nitrogen and oxygen atoms in total. The summed E-state index contributed by atoms with van der Waals surface area (Å²) in [5.41, 5.74) is 5.43. The second-order valence-electron chi connectivity index (χ2n) is 8.40. The first-order valence-electron chi connectivity index (χ1n) is 10.2. The van der Waals surface area contributed by atoms with Crippen LogP contribution >= 0.6 is 0 Å². The van der Waals surface area contributed by atoms with Crippen molar-refractivity contribution in [3.05, 3.63) is 36.8 Å². The van der Waals surface area contributed by atoms with Gasteiger partial charge in [0.1, 0.15) is 0 Å². The Morgan fingerprint density at radius 3 is 1.48 bits per heavy atom. The van der Waals surface area contributed by atoms with E-state index in [9.17, 15) is 0 Å². The Morgan fingerprint density at radius 1 is 0.759 bits per heavy atom. The van der Waals surface area contributed by atoms with Crippen molar-refractivity contribution < 1.29 is 26.6 Å². The van der Waals surface area contributed by atoms with E-state index in [2.05, 4.69) is 40.5 Å². The van der Waals surface area contributed by atoms with Crippen molar-refractivity contribution in [2.75, 3.05) is 26.4 Å². The monoisotopic (exact) mass is 460 g/mol. The maximum atomic E-state index is 5.88. The van der Waals surface area contributed by atoms with E-state index in [0.717, 1.165) is 39.3 Å². The fourth-order valence-corrected chi connectivity index (χ4v) is 8.26. The first-order chi connectivity index (χ1) is 13.4. The lowest BCUT2D eigenvalue weighted by Crippen LogP contribution is -2.53. The molecule has 0 bridgehead atoms. The minimum Gasteiger partial charge on any atom is -0.391 e. The minimum absolute atomic E-state index is 0.0488. The largest absolute Gasteiger partial charge is 0.391 e. The molecular formula is C20H40O6Si3. The molecule has 168 valence electrons. The average molecular weight is 461 g/mol. The van der Waals surface area contributed by atoms with Gasteiger partial charge in [-0.15, -0.1) is 19.7 Å². The van der Waals surface area contributed by atoms with Gasteiger partial charge >= 0.3 is 25.7 Å². The zero-order valence-electron chi connectivity index (χ0n) is 19.1. The van der Waals surface area contributed by atoms with Gasteiger partial charge in [-0.25, -0.2) is 0 Å². The zero-order chi connectivity index (χ0) is 22.2. The molecule has 0 aromatic rings. The van der Waals surface area contributed by atoms with Gasteiger partial charge in [0.05, 0.1) is 18.8 Å². The molecular weight excluding hydrogens is 420 g/mol. The molecule has 0 spiro atoms. The van der Waals surface area contributed by atoms with Gasteiger partial charge in [-0.1, -0.05) is 0 Å². The quantitative estimate of drug-likeness (QED) is 0.580. The minimum atomic E-state index is -2.05. The van der Waals surface area contributed by atoms with Crippen molar-refractivity contribution >= 4 is 25.7 Å². The fraction of sp³-hybridized carbons (Fsp3) is 0.700. The molecule has 0 saturated carbocycles. The Hall–Kier alpha value is -0.369. The SMILES string of the molecule is C=C[Si]1(C)OC(C)CC(C)(C)O1.C=C[Si]1(C)OCCCO1.C=C[Si]1(C)OCCO1. The first kappa shape index (κ1) is 26.7. The van der Waals surface area contributed by atoms with Crippen LogP contribution in [0.15, 0.2) is 36.8 Å². The van der Waals surface area contributed by atoms with Crippen LogP contribution in [0, 0.1) is 0 Å². The highest BCUT2D eigenvalue weighted by molar-refractivity contribution is 6.72. The van der Waals surface area contributed by atoms with Gasteiger partial charge in [-0.05, 0) is 70.4 Å². The normalized spacial score (nSPS) is 31.9. The molecule has 3 aliphatic heterocycles. The molecule has 0 aromatic carbocycles. The predicted octanol–water partition coefficient (Wildman–Crippen LogP) is 4.44. The molecule has 0 aromatic heterocycles. The summed E-state index contributed by atoms with van der Waals surface area (Å²) in [5, 5.41) is 0. The summed E-state index contributed by atoms with van der Waals surface area (Å²) in [5.74, 6) is 0. The molecule has 0 radical (unpaired) electrons. The molecule has 3 fully saturated rings. The van der Waals surface area contributed by atoms with E-state index >= 15 is 0 Å². The van der Waals surface area contributed by atoms with Crippen molar-refractivity contribution in [3.8, 4) is 0 Å². The molecule has 3 saturated heterocycles. The Kier molecular flexibility index (Phi) is 10.4. The zero-order valence-corrected chi connectivity index (χ0v) is 22.1. The van der Waals surface area contributed by atoms with Gasteiger partial charge in [-0.3, -0.25) is 0 Å². The highest BCUT2D eigenvalue weighted by atomic mass is 28.4. The second kappa shape index (κ2) is 11.3. The van der Waals surface area contributed by atoms with Crippen LogP contribution in [0.2, 0.25) is 19.6 Å². The summed E-state index contributed by atoms with van der Waals surface area (Å²) in [6.45, 7) is 26.6. The van der Waals surface area contributed by atoms with Crippen LogP contribution in [0.5, 0.6) is 0 Å². The van der Waals surface area contributed by atoms with E-state index in [1.54, 1.807) is 5.70 Å². The Balaban J connectivity index is 0.000000223. The van der Waals surface area contributed by atoms with Crippen molar-refractivity contribution in [2.45, 2.75) is 65.0 Å². The number of hydrogen-bond acceptors (Lipinski definition) is 6. The summed E-state index contributed by atoms with van der Waals surface area (Å²) in [6, 6.07) is 0. The van der Waals surface area contributed by atoms with Gasteiger partial charge in [0.15, 0.2) is 0 Å². The standard InChI is InChI=1S/C9H18O2Si.C6H12O2Si.C5H10O2Si/c1-6-12(5)10-8(2)7-9(3,4)11-12;1-3-9(2)7-5-4-6-8-9;1-3-8(2)6-4-5-7-8/h6,8H,1,7H2,2-5H3;3H,1,4-6H2,2H3;3H,1,4-5H2,2H3. The van der Waals surface area contributed by atoms with Crippen LogP contribution < -0.4 is 0 Å². The van der Waals surface area contributed by atoms with Crippen molar-refractivity contribution in [1.82, 2.24) is 0 Å². The van der Waals surface area contributed by atoms with Crippen LogP contribution in [0.4, 0.5) is 0 Å². The van der Waals surface area contributed by atoms with Gasteiger partial charge < -0.3 is 26.6 Å². The Morgan fingerprint density at radius 2 is 1.17 bits per heavy atom. The Labute approximate surface area is 180 Å². The van der Waals surface area contributed by atoms with Crippen LogP contribution in [-0.2, 0) is 26.6 Å². The topological polar surface area (TPSA) is 55.4 Å². The van der Waals surface area contributed by atoms with Crippen molar-refractivity contribution in [3.63, 3.8) is 0 Å². The third-order valence-corrected chi connectivity index (χ3v) is 11.9. The lowest BCUT2D eigenvalue weighted by atomic mass is 10.0. The molecule has 2 unspecified atom stereocenters. The van der Waals surface area contributed by atoms with Crippen molar-refractivity contribution in [1.29, 1.82) is 0 Å². The van der Waals surface area contributed by atoms with Gasteiger partial charge in [-0.2, -0.15) is 0 Å². The molecule has 3 rings (SSSR count). The van der Waals surface area contributed by atoms with Gasteiger partial charge in [0, 0.05) is 19.3 Å². The highest BCUT2D eigenvalue weighted by Gasteiger charge is 2.42. The average Bonchev–Trinajstić information content (AvgIpc) is 3.09. The van der Waals surface area contributed by atoms with Crippen LogP contribution in [0.3, 0.4) is 0 Å². The summed E-state index contributed by atoms with van der Waals surface area (Å²) in [6.07, 6.45) is 2.28. The Bertz CT molecular complexity index is 544. The number of hydrogen-bond donors (Lipinski definition) is 0. The second-order valence-corrected chi connectivity index (χ2v) is 17.3. The molecule has 0 amide bonds. The first-order valence-corrected chi connectivity index (χ1v) is 17.4. The number of rotatable bonds is 3. The third-order valence-electron chi connectivity index (χ3n) is 4.73. The molecule has 0 N–H and O–H groups in total. The molecule has 3 aliphatic rings. The van der Waals surface area contributed by atoms with Crippen LogP contribution in [0.1, 0.15) is 33.6 Å². The van der Waals surface area contributed by atoms with Crippen molar-refractivity contribution in [2.24, 2.45) is 0 Å². The summed E-state index contributed by atoms with van der Waals surface area (Å²) in [4.78, 5) is 0. The van der Waals surface area contributed by atoms with E-state index < -0.39 is 25.7 Å². The molecule has 0 aliphatic carbocycles. The van der Waals surface area contributed by atoms with Gasteiger partial charge in [0.2, 0.25) is 0 Å².